The van der Waals surface area contributed by atoms with Crippen molar-refractivity contribution < 1.29 is 4.39 Å². The molecule has 0 saturated heterocycles. The van der Waals surface area contributed by atoms with Crippen LogP contribution in [0.25, 0.3) is 0 Å². The summed E-state index contributed by atoms with van der Waals surface area (Å²) in [6.45, 7) is 4.27. The molecule has 0 spiro atoms. The lowest BCUT2D eigenvalue weighted by Crippen LogP contribution is -2.23. The fourth-order valence-corrected chi connectivity index (χ4v) is 1.07. The minimum absolute atomic E-state index is 0.232. The van der Waals surface area contributed by atoms with Crippen LogP contribution in [0.5, 0.6) is 0 Å². The lowest BCUT2D eigenvalue weighted by molar-refractivity contribution is 0.631. The van der Waals surface area contributed by atoms with Gasteiger partial charge in [-0.05, 0) is 31.5 Å². The summed E-state index contributed by atoms with van der Waals surface area (Å²) in [5.74, 6) is -0.0884. The number of halogens is 1. The van der Waals surface area contributed by atoms with Gasteiger partial charge in [-0.15, -0.1) is 0 Å². The zero-order chi connectivity index (χ0) is 10.6. The Kier molecular flexibility index (Phi) is 3.45. The molecule has 1 aromatic carbocycles. The zero-order valence-electron chi connectivity index (χ0n) is 8.34. The van der Waals surface area contributed by atoms with Crippen LogP contribution >= 0.6 is 0 Å². The molecule has 0 aromatic heterocycles. The van der Waals surface area contributed by atoms with Gasteiger partial charge in [-0.2, -0.15) is 0 Å². The van der Waals surface area contributed by atoms with Crippen LogP contribution in [0.2, 0.25) is 0 Å². The number of aryl methyl sites for hydroxylation is 1. The van der Waals surface area contributed by atoms with Crippen molar-refractivity contribution in [1.29, 1.82) is 0 Å². The Hall–Kier alpha value is -1.58. The molecular weight excluding hydrogens is 181 g/mol. The summed E-state index contributed by atoms with van der Waals surface area (Å²) in [4.78, 5) is 3.90. The highest BCUT2D eigenvalue weighted by molar-refractivity contribution is 5.92. The molecule has 0 amide bonds. The van der Waals surface area contributed by atoms with Gasteiger partial charge in [0.1, 0.15) is 5.82 Å². The third-order valence-electron chi connectivity index (χ3n) is 1.72. The van der Waals surface area contributed by atoms with Gasteiger partial charge in [0.15, 0.2) is 5.96 Å². The van der Waals surface area contributed by atoms with Crippen LogP contribution in [0, 0.1) is 12.7 Å². The van der Waals surface area contributed by atoms with E-state index in [0.29, 0.717) is 12.2 Å². The average molecular weight is 195 g/mol. The number of benzene rings is 1. The minimum Gasteiger partial charge on any atom is -0.370 e. The van der Waals surface area contributed by atoms with Crippen molar-refractivity contribution in [1.82, 2.24) is 0 Å². The summed E-state index contributed by atoms with van der Waals surface area (Å²) >= 11 is 0. The molecule has 1 aromatic rings. The fourth-order valence-electron chi connectivity index (χ4n) is 1.07. The second-order valence-electron chi connectivity index (χ2n) is 2.97. The first-order valence-corrected chi connectivity index (χ1v) is 4.46. The van der Waals surface area contributed by atoms with E-state index in [0.717, 1.165) is 5.56 Å². The number of nitrogens with one attached hydrogen (secondary N) is 1. The molecular formula is C10H14FN3. The van der Waals surface area contributed by atoms with E-state index in [1.807, 2.05) is 19.9 Å². The Labute approximate surface area is 82.8 Å². The van der Waals surface area contributed by atoms with Crippen molar-refractivity contribution >= 4 is 11.6 Å². The molecule has 0 radical (unpaired) electrons. The number of hydrogen-bond donors (Lipinski definition) is 2. The van der Waals surface area contributed by atoms with Gasteiger partial charge in [0, 0.05) is 6.54 Å². The fraction of sp³-hybridized carbons (Fsp3) is 0.300. The molecule has 0 heterocycles. The van der Waals surface area contributed by atoms with E-state index in [2.05, 4.69) is 10.3 Å². The summed E-state index contributed by atoms with van der Waals surface area (Å²) in [6.07, 6.45) is 0. The largest absolute Gasteiger partial charge is 0.370 e. The maximum Gasteiger partial charge on any atom is 0.193 e. The monoisotopic (exact) mass is 195 g/mol. The first kappa shape index (κ1) is 10.5. The molecule has 76 valence electrons. The number of rotatable bonds is 2. The summed E-state index contributed by atoms with van der Waals surface area (Å²) < 4.78 is 13.3. The summed E-state index contributed by atoms with van der Waals surface area (Å²) in [7, 11) is 0. The van der Waals surface area contributed by atoms with Crippen molar-refractivity contribution in [3.8, 4) is 0 Å². The van der Waals surface area contributed by atoms with Gasteiger partial charge < -0.3 is 11.1 Å². The summed E-state index contributed by atoms with van der Waals surface area (Å²) in [6, 6.07) is 4.90. The predicted octanol–water partition coefficient (Wildman–Crippen LogP) is 1.88. The molecule has 3 nitrogen and oxygen atoms in total. The molecule has 0 atom stereocenters. The minimum atomic E-state index is -0.320. The third kappa shape index (κ3) is 2.73. The Morgan fingerprint density at radius 2 is 2.29 bits per heavy atom. The van der Waals surface area contributed by atoms with Crippen molar-refractivity contribution in [2.75, 3.05) is 11.9 Å². The highest BCUT2D eigenvalue weighted by atomic mass is 19.1. The van der Waals surface area contributed by atoms with Crippen LogP contribution in [-0.2, 0) is 0 Å². The van der Waals surface area contributed by atoms with E-state index >= 15 is 0 Å². The molecule has 0 aliphatic carbocycles. The third-order valence-corrected chi connectivity index (χ3v) is 1.72. The van der Waals surface area contributed by atoms with E-state index in [9.17, 15) is 4.39 Å². The van der Waals surface area contributed by atoms with Crippen molar-refractivity contribution in [2.45, 2.75) is 13.8 Å². The van der Waals surface area contributed by atoms with E-state index in [-0.39, 0.29) is 11.8 Å². The maximum absolute atomic E-state index is 13.3. The molecule has 0 fully saturated rings. The van der Waals surface area contributed by atoms with E-state index in [1.54, 1.807) is 6.07 Å². The smallest absolute Gasteiger partial charge is 0.193 e. The van der Waals surface area contributed by atoms with Crippen molar-refractivity contribution in [3.05, 3.63) is 29.6 Å². The second-order valence-corrected chi connectivity index (χ2v) is 2.97. The van der Waals surface area contributed by atoms with Crippen LogP contribution < -0.4 is 11.1 Å². The lowest BCUT2D eigenvalue weighted by Gasteiger charge is -2.06. The van der Waals surface area contributed by atoms with Gasteiger partial charge in [0.05, 0.1) is 5.69 Å². The standard InChI is InChI=1S/C10H14FN3/c1-3-13-10(12)14-9-5-4-7(2)6-8(9)11/h4-6H,3H2,1-2H3,(H3,12,13,14). The highest BCUT2D eigenvalue weighted by Crippen LogP contribution is 2.14. The molecule has 4 heteroatoms. The zero-order valence-corrected chi connectivity index (χ0v) is 8.34. The van der Waals surface area contributed by atoms with E-state index in [1.165, 1.54) is 6.07 Å². The van der Waals surface area contributed by atoms with Crippen LogP contribution in [0.1, 0.15) is 12.5 Å². The highest BCUT2D eigenvalue weighted by Gasteiger charge is 2.02. The van der Waals surface area contributed by atoms with Gasteiger partial charge in [0.25, 0.3) is 0 Å². The molecule has 0 bridgehead atoms. The quantitative estimate of drug-likeness (QED) is 0.559. The van der Waals surface area contributed by atoms with Crippen LogP contribution in [0.4, 0.5) is 10.1 Å². The molecule has 0 unspecified atom stereocenters. The summed E-state index contributed by atoms with van der Waals surface area (Å²) in [5.41, 5.74) is 6.72. The van der Waals surface area contributed by atoms with Gasteiger partial charge in [0.2, 0.25) is 0 Å². The van der Waals surface area contributed by atoms with Crippen LogP contribution in [0.15, 0.2) is 23.2 Å². The number of hydrogen-bond acceptors (Lipinski definition) is 1. The average Bonchev–Trinajstić information content (AvgIpc) is 2.10. The Morgan fingerprint density at radius 3 is 2.86 bits per heavy atom. The van der Waals surface area contributed by atoms with Gasteiger partial charge in [-0.3, -0.25) is 4.99 Å². The lowest BCUT2D eigenvalue weighted by atomic mass is 10.2. The van der Waals surface area contributed by atoms with E-state index < -0.39 is 0 Å². The molecule has 1 rings (SSSR count). The molecule has 14 heavy (non-hydrogen) atoms. The molecule has 0 aliphatic rings. The van der Waals surface area contributed by atoms with Crippen LogP contribution in [0.3, 0.4) is 0 Å². The van der Waals surface area contributed by atoms with Gasteiger partial charge in [-0.1, -0.05) is 6.07 Å². The molecule has 3 N–H and O–H groups in total. The Morgan fingerprint density at radius 1 is 1.57 bits per heavy atom. The number of anilines is 1. The molecule has 0 saturated carbocycles. The van der Waals surface area contributed by atoms with Gasteiger partial charge in [-0.25, -0.2) is 4.39 Å². The van der Waals surface area contributed by atoms with Crippen LogP contribution in [-0.4, -0.2) is 12.5 Å². The predicted molar refractivity (Wildman–Crippen MR) is 56.9 cm³/mol. The number of guanidine groups is 1. The Balaban J connectivity index is 2.82. The summed E-state index contributed by atoms with van der Waals surface area (Å²) in [5, 5.41) is 2.69. The normalized spacial score (nSPS) is 11.5. The topological polar surface area (TPSA) is 50.4 Å². The second kappa shape index (κ2) is 4.60. The Bertz CT molecular complexity index is 347. The first-order chi connectivity index (χ1) is 6.63. The van der Waals surface area contributed by atoms with E-state index in [4.69, 9.17) is 5.73 Å². The first-order valence-electron chi connectivity index (χ1n) is 4.46. The van der Waals surface area contributed by atoms with Crippen molar-refractivity contribution in [3.63, 3.8) is 0 Å². The number of nitrogens with zero attached hydrogens (tertiary/aromatic N) is 1. The number of nitrogens with two attached hydrogens (primary N) is 1. The number of aliphatic imine (C=N–C) groups is 1. The SMILES string of the molecule is CCN=C(N)Nc1ccc(C)cc1F. The maximum atomic E-state index is 13.3. The van der Waals surface area contributed by atoms with Gasteiger partial charge >= 0.3 is 0 Å². The molecule has 0 aliphatic heterocycles. The van der Waals surface area contributed by atoms with Crippen molar-refractivity contribution in [2.24, 2.45) is 10.7 Å².